The number of rotatable bonds is 7. The van der Waals surface area contributed by atoms with Crippen LogP contribution in [0.4, 0.5) is 0 Å². The smallest absolute Gasteiger partial charge is 0.122 e. The molecule has 1 rings (SSSR count). The summed E-state index contributed by atoms with van der Waals surface area (Å²) in [6, 6.07) is 7.62. The molecule has 0 aliphatic heterocycles. The second-order valence-electron chi connectivity index (χ2n) is 4.30. The van der Waals surface area contributed by atoms with Gasteiger partial charge in [-0.05, 0) is 30.9 Å². The Morgan fingerprint density at radius 1 is 1.18 bits per heavy atom. The molecular formula is C14H22O3. The average Bonchev–Trinajstić information content (AvgIpc) is 2.38. The number of ether oxygens (including phenoxy) is 1. The molecule has 0 unspecified atom stereocenters. The molecule has 0 amide bonds. The Bertz CT molecular complexity index is 332. The van der Waals surface area contributed by atoms with Crippen molar-refractivity contribution in [3.05, 3.63) is 29.8 Å². The molecule has 0 bridgehead atoms. The summed E-state index contributed by atoms with van der Waals surface area (Å²) >= 11 is 0. The van der Waals surface area contributed by atoms with E-state index < -0.39 is 5.60 Å². The molecular weight excluding hydrogens is 216 g/mol. The van der Waals surface area contributed by atoms with Gasteiger partial charge in [0.15, 0.2) is 0 Å². The van der Waals surface area contributed by atoms with Crippen molar-refractivity contribution in [3.63, 3.8) is 0 Å². The second kappa shape index (κ2) is 6.62. The number of aliphatic hydroxyl groups is 2. The van der Waals surface area contributed by atoms with Crippen LogP contribution in [0.5, 0.6) is 5.75 Å². The molecule has 17 heavy (non-hydrogen) atoms. The van der Waals surface area contributed by atoms with Crippen molar-refractivity contribution in [3.8, 4) is 5.75 Å². The minimum Gasteiger partial charge on any atom is -0.490 e. The van der Waals surface area contributed by atoms with Gasteiger partial charge in [-0.1, -0.05) is 32.0 Å². The first-order valence-electron chi connectivity index (χ1n) is 6.19. The molecule has 0 saturated heterocycles. The lowest BCUT2D eigenvalue weighted by Crippen LogP contribution is -2.34. The van der Waals surface area contributed by atoms with Gasteiger partial charge in [0.2, 0.25) is 0 Å². The summed E-state index contributed by atoms with van der Waals surface area (Å²) in [5.41, 5.74) is 0.219. The van der Waals surface area contributed by atoms with Crippen LogP contribution in [0.3, 0.4) is 0 Å². The highest BCUT2D eigenvalue weighted by molar-refractivity contribution is 5.33. The SMILES string of the molecule is CCC(O)(CC)COc1ccccc1CCO. The molecule has 0 heterocycles. The highest BCUT2D eigenvalue weighted by Crippen LogP contribution is 2.22. The predicted molar refractivity (Wildman–Crippen MR) is 68.3 cm³/mol. The highest BCUT2D eigenvalue weighted by atomic mass is 16.5. The summed E-state index contributed by atoms with van der Waals surface area (Å²) in [5, 5.41) is 19.1. The zero-order valence-corrected chi connectivity index (χ0v) is 10.6. The normalized spacial score (nSPS) is 11.5. The molecule has 0 aromatic heterocycles. The third-order valence-corrected chi connectivity index (χ3v) is 3.17. The van der Waals surface area contributed by atoms with Gasteiger partial charge in [0.25, 0.3) is 0 Å². The van der Waals surface area contributed by atoms with E-state index in [0.29, 0.717) is 25.9 Å². The van der Waals surface area contributed by atoms with E-state index in [2.05, 4.69) is 0 Å². The van der Waals surface area contributed by atoms with Crippen LogP contribution in [-0.4, -0.2) is 29.0 Å². The quantitative estimate of drug-likeness (QED) is 0.765. The lowest BCUT2D eigenvalue weighted by molar-refractivity contribution is -0.0116. The van der Waals surface area contributed by atoms with E-state index in [1.807, 2.05) is 38.1 Å². The second-order valence-corrected chi connectivity index (χ2v) is 4.30. The lowest BCUT2D eigenvalue weighted by atomic mass is 9.99. The van der Waals surface area contributed by atoms with E-state index in [9.17, 15) is 5.11 Å². The zero-order chi connectivity index (χ0) is 12.7. The Morgan fingerprint density at radius 3 is 2.41 bits per heavy atom. The largest absolute Gasteiger partial charge is 0.490 e. The van der Waals surface area contributed by atoms with Gasteiger partial charge in [-0.3, -0.25) is 0 Å². The topological polar surface area (TPSA) is 49.7 Å². The third-order valence-electron chi connectivity index (χ3n) is 3.17. The van der Waals surface area contributed by atoms with Crippen molar-refractivity contribution in [2.75, 3.05) is 13.2 Å². The number of para-hydroxylation sites is 1. The van der Waals surface area contributed by atoms with E-state index in [1.165, 1.54) is 0 Å². The molecule has 0 aliphatic rings. The van der Waals surface area contributed by atoms with Crippen LogP contribution in [0.25, 0.3) is 0 Å². The Hall–Kier alpha value is -1.06. The minimum atomic E-state index is -0.758. The number of hydrogen-bond acceptors (Lipinski definition) is 3. The molecule has 0 aliphatic carbocycles. The molecule has 1 aromatic carbocycles. The molecule has 0 radical (unpaired) electrons. The average molecular weight is 238 g/mol. The number of benzene rings is 1. The zero-order valence-electron chi connectivity index (χ0n) is 10.6. The van der Waals surface area contributed by atoms with E-state index in [1.54, 1.807) is 0 Å². The maximum Gasteiger partial charge on any atom is 0.122 e. The fraction of sp³-hybridized carbons (Fsp3) is 0.571. The van der Waals surface area contributed by atoms with Crippen molar-refractivity contribution < 1.29 is 14.9 Å². The summed E-state index contributed by atoms with van der Waals surface area (Å²) in [6.45, 7) is 4.30. The van der Waals surface area contributed by atoms with Gasteiger partial charge in [-0.2, -0.15) is 0 Å². The number of aliphatic hydroxyl groups excluding tert-OH is 1. The molecule has 0 fully saturated rings. The first kappa shape index (κ1) is 14.0. The molecule has 3 heteroatoms. The van der Waals surface area contributed by atoms with Crippen LogP contribution in [0.1, 0.15) is 32.3 Å². The summed E-state index contributed by atoms with van der Waals surface area (Å²) in [5.74, 6) is 0.752. The van der Waals surface area contributed by atoms with Gasteiger partial charge in [0.1, 0.15) is 12.4 Å². The van der Waals surface area contributed by atoms with Crippen LogP contribution in [0.15, 0.2) is 24.3 Å². The maximum absolute atomic E-state index is 10.1. The van der Waals surface area contributed by atoms with Gasteiger partial charge in [-0.15, -0.1) is 0 Å². The molecule has 0 spiro atoms. The van der Waals surface area contributed by atoms with Crippen LogP contribution < -0.4 is 4.74 Å². The molecule has 3 nitrogen and oxygen atoms in total. The van der Waals surface area contributed by atoms with Crippen molar-refractivity contribution in [1.29, 1.82) is 0 Å². The minimum absolute atomic E-state index is 0.103. The van der Waals surface area contributed by atoms with Gasteiger partial charge in [-0.25, -0.2) is 0 Å². The van der Waals surface area contributed by atoms with Gasteiger partial charge < -0.3 is 14.9 Å². The molecule has 0 saturated carbocycles. The summed E-state index contributed by atoms with van der Waals surface area (Å²) in [4.78, 5) is 0. The van der Waals surface area contributed by atoms with Gasteiger partial charge >= 0.3 is 0 Å². The monoisotopic (exact) mass is 238 g/mol. The summed E-state index contributed by atoms with van der Waals surface area (Å²) in [7, 11) is 0. The van der Waals surface area contributed by atoms with Crippen LogP contribution in [0, 0.1) is 0 Å². The Labute approximate surface area is 103 Å². The fourth-order valence-corrected chi connectivity index (χ4v) is 1.64. The van der Waals surface area contributed by atoms with Crippen molar-refractivity contribution in [2.45, 2.75) is 38.7 Å². The van der Waals surface area contributed by atoms with Crippen molar-refractivity contribution >= 4 is 0 Å². The first-order valence-corrected chi connectivity index (χ1v) is 6.19. The number of hydrogen-bond donors (Lipinski definition) is 2. The molecule has 2 N–H and O–H groups in total. The lowest BCUT2D eigenvalue weighted by Gasteiger charge is -2.25. The van der Waals surface area contributed by atoms with Gasteiger partial charge in [0, 0.05) is 6.61 Å². The van der Waals surface area contributed by atoms with Crippen LogP contribution in [-0.2, 0) is 6.42 Å². The summed E-state index contributed by atoms with van der Waals surface area (Å²) in [6.07, 6.45) is 1.92. The Kier molecular flexibility index (Phi) is 5.45. The molecule has 0 atom stereocenters. The maximum atomic E-state index is 10.1. The van der Waals surface area contributed by atoms with E-state index >= 15 is 0 Å². The van der Waals surface area contributed by atoms with E-state index in [-0.39, 0.29) is 6.61 Å². The van der Waals surface area contributed by atoms with Gasteiger partial charge in [0.05, 0.1) is 5.60 Å². The van der Waals surface area contributed by atoms with Crippen LogP contribution >= 0.6 is 0 Å². The Balaban J connectivity index is 2.68. The Morgan fingerprint density at radius 2 is 1.82 bits per heavy atom. The van der Waals surface area contributed by atoms with E-state index in [4.69, 9.17) is 9.84 Å². The third kappa shape index (κ3) is 4.02. The van der Waals surface area contributed by atoms with E-state index in [0.717, 1.165) is 11.3 Å². The molecule has 96 valence electrons. The predicted octanol–water partition coefficient (Wildman–Crippen LogP) is 2.15. The van der Waals surface area contributed by atoms with Crippen molar-refractivity contribution in [1.82, 2.24) is 0 Å². The first-order chi connectivity index (χ1) is 8.15. The highest BCUT2D eigenvalue weighted by Gasteiger charge is 2.23. The standard InChI is InChI=1S/C14H22O3/c1-3-14(16,4-2)11-17-13-8-6-5-7-12(13)9-10-15/h5-8,15-16H,3-4,9-11H2,1-2H3. The summed E-state index contributed by atoms with van der Waals surface area (Å²) < 4.78 is 5.68. The van der Waals surface area contributed by atoms with Crippen molar-refractivity contribution in [2.24, 2.45) is 0 Å². The van der Waals surface area contributed by atoms with Crippen LogP contribution in [0.2, 0.25) is 0 Å². The molecule has 1 aromatic rings. The fourth-order valence-electron chi connectivity index (χ4n) is 1.64.